The first kappa shape index (κ1) is 12.5. The molecule has 0 aliphatic heterocycles. The van der Waals surface area contributed by atoms with Crippen LogP contribution in [0.1, 0.15) is 12.5 Å². The lowest BCUT2D eigenvalue weighted by atomic mass is 10.3. The highest BCUT2D eigenvalue weighted by molar-refractivity contribution is 9.08. The summed E-state index contributed by atoms with van der Waals surface area (Å²) in [5.41, 5.74) is 1.19. The molecule has 4 heteroatoms. The lowest BCUT2D eigenvalue weighted by molar-refractivity contribution is 0.183. The molecule has 3 nitrogen and oxygen atoms in total. The molecular weight excluding hydrogens is 256 g/mol. The van der Waals surface area contributed by atoms with E-state index in [9.17, 15) is 0 Å². The largest absolute Gasteiger partial charge is 0.383 e. The Hall–Kier alpha value is -0.610. The lowest BCUT2D eigenvalue weighted by Gasteiger charge is -2.25. The van der Waals surface area contributed by atoms with E-state index in [1.165, 1.54) is 5.56 Å². The second-order valence-electron chi connectivity index (χ2n) is 3.57. The fourth-order valence-corrected chi connectivity index (χ4v) is 1.61. The molecule has 0 amide bonds. The van der Waals surface area contributed by atoms with E-state index < -0.39 is 0 Å². The summed E-state index contributed by atoms with van der Waals surface area (Å²) in [5, 5.41) is 0.845. The van der Waals surface area contributed by atoms with Crippen LogP contribution in [0.2, 0.25) is 0 Å². The molecule has 1 aromatic heterocycles. The van der Waals surface area contributed by atoms with Gasteiger partial charge in [-0.1, -0.05) is 22.0 Å². The van der Waals surface area contributed by atoms with Crippen LogP contribution in [-0.4, -0.2) is 31.8 Å². The van der Waals surface area contributed by atoms with Gasteiger partial charge in [0.15, 0.2) is 0 Å². The topological polar surface area (TPSA) is 25.4 Å². The van der Waals surface area contributed by atoms with Crippen LogP contribution in [0.3, 0.4) is 0 Å². The summed E-state index contributed by atoms with van der Waals surface area (Å²) in [7, 11) is 3.74. The summed E-state index contributed by atoms with van der Waals surface area (Å²) in [6.07, 6.45) is 1.89. The Bertz CT molecular complexity index is 289. The van der Waals surface area contributed by atoms with Crippen molar-refractivity contribution in [3.05, 3.63) is 23.9 Å². The van der Waals surface area contributed by atoms with Crippen LogP contribution in [0.15, 0.2) is 18.3 Å². The van der Waals surface area contributed by atoms with Crippen LogP contribution >= 0.6 is 15.9 Å². The Morgan fingerprint density at radius 2 is 2.27 bits per heavy atom. The number of alkyl halides is 1. The van der Waals surface area contributed by atoms with Gasteiger partial charge >= 0.3 is 0 Å². The number of pyridine rings is 1. The number of hydrogen-bond acceptors (Lipinski definition) is 3. The van der Waals surface area contributed by atoms with Gasteiger partial charge in [0.05, 0.1) is 12.6 Å². The van der Waals surface area contributed by atoms with E-state index in [0.29, 0.717) is 12.6 Å². The van der Waals surface area contributed by atoms with E-state index in [4.69, 9.17) is 4.74 Å². The van der Waals surface area contributed by atoms with Crippen molar-refractivity contribution >= 4 is 21.7 Å². The Labute approximate surface area is 99.6 Å². The predicted molar refractivity (Wildman–Crippen MR) is 66.6 cm³/mol. The molecule has 1 rings (SSSR count). The van der Waals surface area contributed by atoms with Gasteiger partial charge < -0.3 is 9.64 Å². The second kappa shape index (κ2) is 6.08. The minimum absolute atomic E-state index is 0.331. The molecule has 0 aliphatic carbocycles. The number of rotatable bonds is 5. The van der Waals surface area contributed by atoms with Gasteiger partial charge in [-0.2, -0.15) is 0 Å². The number of hydrogen-bond donors (Lipinski definition) is 0. The van der Waals surface area contributed by atoms with Crippen LogP contribution in [-0.2, 0) is 10.1 Å². The van der Waals surface area contributed by atoms with E-state index in [1.54, 1.807) is 7.11 Å². The molecule has 0 fully saturated rings. The molecule has 0 saturated carbocycles. The van der Waals surface area contributed by atoms with Gasteiger partial charge in [0.1, 0.15) is 5.82 Å². The molecule has 1 heterocycles. The molecule has 84 valence electrons. The maximum absolute atomic E-state index is 5.11. The molecule has 0 N–H and O–H groups in total. The van der Waals surface area contributed by atoms with Gasteiger partial charge in [-0.3, -0.25) is 0 Å². The molecule has 1 aromatic rings. The van der Waals surface area contributed by atoms with Gasteiger partial charge in [0.25, 0.3) is 0 Å². The molecule has 0 saturated heterocycles. The number of nitrogens with zero attached hydrogens (tertiary/aromatic N) is 2. The summed E-state index contributed by atoms with van der Waals surface area (Å²) < 4.78 is 5.11. The predicted octanol–water partition coefficient (Wildman–Crippen LogP) is 2.45. The molecule has 1 atom stereocenters. The maximum atomic E-state index is 5.11. The zero-order valence-corrected chi connectivity index (χ0v) is 11.0. The van der Waals surface area contributed by atoms with Crippen molar-refractivity contribution in [2.75, 3.05) is 25.7 Å². The van der Waals surface area contributed by atoms with Crippen LogP contribution in [0.4, 0.5) is 5.82 Å². The van der Waals surface area contributed by atoms with Crippen molar-refractivity contribution in [2.24, 2.45) is 0 Å². The maximum Gasteiger partial charge on any atom is 0.128 e. The zero-order valence-electron chi connectivity index (χ0n) is 9.40. The van der Waals surface area contributed by atoms with Gasteiger partial charge in [0, 0.05) is 25.7 Å². The summed E-state index contributed by atoms with van der Waals surface area (Å²) >= 11 is 3.40. The molecule has 0 aromatic carbocycles. The molecule has 0 radical (unpaired) electrons. The number of aromatic nitrogens is 1. The Morgan fingerprint density at radius 3 is 2.73 bits per heavy atom. The van der Waals surface area contributed by atoms with E-state index in [2.05, 4.69) is 38.8 Å². The van der Waals surface area contributed by atoms with Crippen molar-refractivity contribution in [2.45, 2.75) is 18.3 Å². The number of anilines is 1. The molecular formula is C11H17BrN2O. The van der Waals surface area contributed by atoms with E-state index in [0.717, 1.165) is 11.1 Å². The van der Waals surface area contributed by atoms with E-state index >= 15 is 0 Å². The van der Waals surface area contributed by atoms with Crippen molar-refractivity contribution in [3.8, 4) is 0 Å². The monoisotopic (exact) mass is 272 g/mol. The third-order valence-electron chi connectivity index (χ3n) is 2.39. The Balaban J connectivity index is 2.69. The average molecular weight is 273 g/mol. The quantitative estimate of drug-likeness (QED) is 0.770. The Morgan fingerprint density at radius 1 is 1.53 bits per heavy atom. The second-order valence-corrected chi connectivity index (χ2v) is 4.13. The van der Waals surface area contributed by atoms with Crippen LogP contribution < -0.4 is 4.90 Å². The van der Waals surface area contributed by atoms with Gasteiger partial charge in [-0.15, -0.1) is 0 Å². The lowest BCUT2D eigenvalue weighted by Crippen LogP contribution is -2.33. The standard InChI is InChI=1S/C11H17BrN2O/c1-9(8-15-3)14(2)11-5-4-10(6-12)7-13-11/h4-5,7,9H,6,8H2,1-3H3. The summed E-state index contributed by atoms with van der Waals surface area (Å²) in [5.74, 6) is 0.976. The number of halogens is 1. The van der Waals surface area contributed by atoms with Gasteiger partial charge in [-0.25, -0.2) is 4.98 Å². The number of methoxy groups -OCH3 is 1. The highest BCUT2D eigenvalue weighted by Crippen LogP contribution is 2.13. The fourth-order valence-electron chi connectivity index (χ4n) is 1.28. The van der Waals surface area contributed by atoms with Crippen molar-refractivity contribution < 1.29 is 4.74 Å². The average Bonchev–Trinajstić information content (AvgIpc) is 2.28. The van der Waals surface area contributed by atoms with Crippen molar-refractivity contribution in [1.29, 1.82) is 0 Å². The normalized spacial score (nSPS) is 12.5. The van der Waals surface area contributed by atoms with Gasteiger partial charge in [-0.05, 0) is 18.6 Å². The van der Waals surface area contributed by atoms with Crippen molar-refractivity contribution in [1.82, 2.24) is 4.98 Å². The number of likely N-dealkylation sites (N-methyl/N-ethyl adjacent to an activating group) is 1. The fraction of sp³-hybridized carbons (Fsp3) is 0.545. The highest BCUT2D eigenvalue weighted by atomic mass is 79.9. The third-order valence-corrected chi connectivity index (χ3v) is 3.04. The van der Waals surface area contributed by atoms with Crippen molar-refractivity contribution in [3.63, 3.8) is 0 Å². The first-order valence-corrected chi connectivity index (χ1v) is 6.03. The first-order chi connectivity index (χ1) is 7.19. The summed E-state index contributed by atoms with van der Waals surface area (Å²) in [4.78, 5) is 6.51. The highest BCUT2D eigenvalue weighted by Gasteiger charge is 2.10. The van der Waals surface area contributed by atoms with E-state index in [1.807, 2.05) is 19.3 Å². The van der Waals surface area contributed by atoms with Crippen LogP contribution in [0, 0.1) is 0 Å². The first-order valence-electron chi connectivity index (χ1n) is 4.91. The molecule has 1 unspecified atom stereocenters. The SMILES string of the molecule is COCC(C)N(C)c1ccc(CBr)cn1. The van der Waals surface area contributed by atoms with Crippen LogP contribution in [0.5, 0.6) is 0 Å². The Kier molecular flexibility index (Phi) is 5.05. The minimum Gasteiger partial charge on any atom is -0.383 e. The van der Waals surface area contributed by atoms with E-state index in [-0.39, 0.29) is 0 Å². The molecule has 0 aliphatic rings. The minimum atomic E-state index is 0.331. The molecule has 0 spiro atoms. The smallest absolute Gasteiger partial charge is 0.128 e. The summed E-state index contributed by atoms with van der Waals surface area (Å²) in [6.45, 7) is 2.82. The molecule has 15 heavy (non-hydrogen) atoms. The summed E-state index contributed by atoms with van der Waals surface area (Å²) in [6, 6.07) is 4.44. The molecule has 0 bridgehead atoms. The van der Waals surface area contributed by atoms with Crippen LogP contribution in [0.25, 0.3) is 0 Å². The third kappa shape index (κ3) is 3.47. The van der Waals surface area contributed by atoms with Gasteiger partial charge in [0.2, 0.25) is 0 Å². The zero-order chi connectivity index (χ0) is 11.3. The number of ether oxygens (including phenoxy) is 1.